The quantitative estimate of drug-likeness (QED) is 0.736. The van der Waals surface area contributed by atoms with Crippen LogP contribution in [-0.2, 0) is 14.3 Å². The van der Waals surface area contributed by atoms with Crippen molar-refractivity contribution in [1.29, 1.82) is 0 Å². The summed E-state index contributed by atoms with van der Waals surface area (Å²) in [6.07, 6.45) is 1.22. The highest BCUT2D eigenvalue weighted by Crippen LogP contribution is 2.26. The third-order valence-corrected chi connectivity index (χ3v) is 5.49. The van der Waals surface area contributed by atoms with Crippen LogP contribution in [0.1, 0.15) is 22.5 Å². The fraction of sp³-hybridized carbons (Fsp3) is 0.278. The fourth-order valence-electron chi connectivity index (χ4n) is 2.81. The van der Waals surface area contributed by atoms with Gasteiger partial charge in [0.2, 0.25) is 0 Å². The molecule has 142 valence electrons. The van der Waals surface area contributed by atoms with Crippen LogP contribution in [0.5, 0.6) is 0 Å². The third kappa shape index (κ3) is 4.80. The Kier molecular flexibility index (Phi) is 6.36. The van der Waals surface area contributed by atoms with Gasteiger partial charge in [-0.2, -0.15) is 0 Å². The van der Waals surface area contributed by atoms with Crippen molar-refractivity contribution < 1.29 is 19.1 Å². The Balaban J connectivity index is 1.56. The summed E-state index contributed by atoms with van der Waals surface area (Å²) in [7, 11) is 0. The second-order valence-electron chi connectivity index (χ2n) is 5.91. The molecule has 1 aliphatic rings. The van der Waals surface area contributed by atoms with Gasteiger partial charge >= 0.3 is 5.97 Å². The molecule has 1 unspecified atom stereocenters. The summed E-state index contributed by atoms with van der Waals surface area (Å²) in [4.78, 5) is 39.0. The van der Waals surface area contributed by atoms with Crippen molar-refractivity contribution >= 4 is 58.0 Å². The van der Waals surface area contributed by atoms with E-state index in [2.05, 4.69) is 5.32 Å². The van der Waals surface area contributed by atoms with Crippen LogP contribution in [0, 0.1) is 0 Å². The van der Waals surface area contributed by atoms with Gasteiger partial charge in [0, 0.05) is 11.6 Å². The predicted octanol–water partition coefficient (Wildman–Crippen LogP) is 3.84. The van der Waals surface area contributed by atoms with E-state index in [4.69, 9.17) is 27.9 Å². The van der Waals surface area contributed by atoms with Crippen LogP contribution in [0.25, 0.3) is 0 Å². The average molecular weight is 427 g/mol. The minimum Gasteiger partial charge on any atom is -0.454 e. The lowest BCUT2D eigenvalue weighted by molar-refractivity contribution is -0.151. The summed E-state index contributed by atoms with van der Waals surface area (Å²) in [5.41, 5.74) is 0.334. The van der Waals surface area contributed by atoms with E-state index in [0.29, 0.717) is 40.0 Å². The first-order chi connectivity index (χ1) is 13.0. The van der Waals surface area contributed by atoms with Crippen molar-refractivity contribution in [3.05, 3.63) is 50.6 Å². The Hall–Kier alpha value is -2.09. The van der Waals surface area contributed by atoms with E-state index in [1.54, 1.807) is 24.3 Å². The van der Waals surface area contributed by atoms with Crippen LogP contribution in [0.3, 0.4) is 0 Å². The van der Waals surface area contributed by atoms with E-state index >= 15 is 0 Å². The van der Waals surface area contributed by atoms with E-state index in [1.807, 2.05) is 5.38 Å². The van der Waals surface area contributed by atoms with Gasteiger partial charge in [0.25, 0.3) is 11.8 Å². The molecule has 2 heterocycles. The molecule has 1 fully saturated rings. The maximum absolute atomic E-state index is 12.5. The summed E-state index contributed by atoms with van der Waals surface area (Å²) in [5.74, 6) is -1.33. The molecule has 1 aromatic heterocycles. The molecule has 2 aromatic rings. The Morgan fingerprint density at radius 1 is 1.26 bits per heavy atom. The number of hydrogen-bond acceptors (Lipinski definition) is 5. The Morgan fingerprint density at radius 2 is 2.07 bits per heavy atom. The number of ether oxygens (including phenoxy) is 1. The lowest BCUT2D eigenvalue weighted by Crippen LogP contribution is -2.41. The first-order valence-corrected chi connectivity index (χ1v) is 9.85. The van der Waals surface area contributed by atoms with E-state index in [1.165, 1.54) is 22.3 Å². The molecule has 1 N–H and O–H groups in total. The number of halogens is 2. The first-order valence-electron chi connectivity index (χ1n) is 8.21. The molecule has 27 heavy (non-hydrogen) atoms. The third-order valence-electron chi connectivity index (χ3n) is 4.07. The van der Waals surface area contributed by atoms with E-state index in [9.17, 15) is 14.4 Å². The number of benzene rings is 1. The number of carbonyl (C=O) groups excluding carboxylic acids is 3. The van der Waals surface area contributed by atoms with Crippen LogP contribution < -0.4 is 5.32 Å². The van der Waals surface area contributed by atoms with Crippen molar-refractivity contribution in [2.24, 2.45) is 0 Å². The number of amides is 2. The molecule has 0 radical (unpaired) electrons. The zero-order chi connectivity index (χ0) is 19.4. The number of likely N-dealkylation sites (tertiary alicyclic amines) is 1. The van der Waals surface area contributed by atoms with Crippen LogP contribution in [0.2, 0.25) is 10.0 Å². The number of hydrogen-bond donors (Lipinski definition) is 1. The van der Waals surface area contributed by atoms with Gasteiger partial charge in [0.15, 0.2) is 6.61 Å². The molecule has 0 spiro atoms. The highest BCUT2D eigenvalue weighted by molar-refractivity contribution is 7.12. The monoisotopic (exact) mass is 426 g/mol. The number of thiophene rings is 1. The minimum absolute atomic E-state index is 0.195. The smallest absolute Gasteiger partial charge is 0.329 e. The first kappa shape index (κ1) is 19.7. The number of esters is 1. The standard InChI is InChI=1S/C18H16Cl2N2O4S/c19-11-5-6-12(20)13(9-11)21-16(23)10-26-18(25)14-3-1-7-22(14)17(24)15-4-2-8-27-15/h2,4-6,8-9,14H,1,3,7,10H2,(H,21,23). The van der Waals surface area contributed by atoms with E-state index in [0.717, 1.165) is 0 Å². The van der Waals surface area contributed by atoms with Gasteiger partial charge in [-0.25, -0.2) is 4.79 Å². The van der Waals surface area contributed by atoms with Gasteiger partial charge < -0.3 is 15.0 Å². The van der Waals surface area contributed by atoms with Crippen LogP contribution in [-0.4, -0.2) is 41.9 Å². The van der Waals surface area contributed by atoms with E-state index < -0.39 is 24.5 Å². The maximum atomic E-state index is 12.5. The van der Waals surface area contributed by atoms with Crippen molar-refractivity contribution in [2.75, 3.05) is 18.5 Å². The highest BCUT2D eigenvalue weighted by atomic mass is 35.5. The number of nitrogens with one attached hydrogen (secondary N) is 1. The van der Waals surface area contributed by atoms with Gasteiger partial charge in [-0.3, -0.25) is 9.59 Å². The second-order valence-corrected chi connectivity index (χ2v) is 7.71. The van der Waals surface area contributed by atoms with Crippen molar-refractivity contribution in [3.63, 3.8) is 0 Å². The molecule has 1 aliphatic heterocycles. The van der Waals surface area contributed by atoms with Gasteiger partial charge in [-0.15, -0.1) is 11.3 Å². The Labute approximate surface area is 170 Å². The van der Waals surface area contributed by atoms with Gasteiger partial charge in [0.1, 0.15) is 6.04 Å². The fourth-order valence-corrected chi connectivity index (χ4v) is 3.82. The number of nitrogens with zero attached hydrogens (tertiary/aromatic N) is 1. The lowest BCUT2D eigenvalue weighted by atomic mass is 10.2. The Bertz CT molecular complexity index is 857. The van der Waals surface area contributed by atoms with Crippen LogP contribution >= 0.6 is 34.5 Å². The molecular formula is C18H16Cl2N2O4S. The number of anilines is 1. The Morgan fingerprint density at radius 3 is 2.81 bits per heavy atom. The van der Waals surface area contributed by atoms with E-state index in [-0.39, 0.29) is 5.91 Å². The minimum atomic E-state index is -0.679. The van der Waals surface area contributed by atoms with Crippen molar-refractivity contribution in [3.8, 4) is 0 Å². The van der Waals surface area contributed by atoms with Crippen molar-refractivity contribution in [1.82, 2.24) is 4.90 Å². The maximum Gasteiger partial charge on any atom is 0.329 e. The molecule has 6 nitrogen and oxygen atoms in total. The highest BCUT2D eigenvalue weighted by Gasteiger charge is 2.36. The second kappa shape index (κ2) is 8.73. The molecular weight excluding hydrogens is 411 g/mol. The topological polar surface area (TPSA) is 75.7 Å². The summed E-state index contributed by atoms with van der Waals surface area (Å²) >= 11 is 13.2. The summed E-state index contributed by atoms with van der Waals surface area (Å²) in [6, 6.07) is 7.48. The zero-order valence-electron chi connectivity index (χ0n) is 14.1. The molecule has 3 rings (SSSR count). The zero-order valence-corrected chi connectivity index (χ0v) is 16.4. The number of rotatable bonds is 5. The molecule has 9 heteroatoms. The molecule has 2 amide bonds. The average Bonchev–Trinajstić information content (AvgIpc) is 3.34. The number of carbonyl (C=O) groups is 3. The largest absolute Gasteiger partial charge is 0.454 e. The summed E-state index contributed by atoms with van der Waals surface area (Å²) in [5, 5.41) is 5.09. The van der Waals surface area contributed by atoms with Gasteiger partial charge in [-0.1, -0.05) is 29.3 Å². The van der Waals surface area contributed by atoms with Gasteiger partial charge in [-0.05, 0) is 42.5 Å². The van der Waals surface area contributed by atoms with Crippen molar-refractivity contribution in [2.45, 2.75) is 18.9 Å². The molecule has 0 saturated carbocycles. The lowest BCUT2D eigenvalue weighted by Gasteiger charge is -2.22. The normalized spacial score (nSPS) is 16.2. The van der Waals surface area contributed by atoms with Crippen LogP contribution in [0.15, 0.2) is 35.7 Å². The molecule has 1 aromatic carbocycles. The van der Waals surface area contributed by atoms with Crippen LogP contribution in [0.4, 0.5) is 5.69 Å². The molecule has 0 bridgehead atoms. The SMILES string of the molecule is O=C(COC(=O)C1CCCN1C(=O)c1cccs1)Nc1cc(Cl)ccc1Cl. The molecule has 1 saturated heterocycles. The molecule has 1 atom stereocenters. The summed E-state index contributed by atoms with van der Waals surface area (Å²) in [6.45, 7) is 0.0139. The summed E-state index contributed by atoms with van der Waals surface area (Å²) < 4.78 is 5.11. The molecule has 0 aliphatic carbocycles. The van der Waals surface area contributed by atoms with Gasteiger partial charge in [0.05, 0.1) is 15.6 Å². The predicted molar refractivity (Wildman–Crippen MR) is 104 cm³/mol.